The van der Waals surface area contributed by atoms with Crippen LogP contribution in [-0.2, 0) is 0 Å². The Morgan fingerprint density at radius 2 is 2.12 bits per heavy atom. The minimum atomic E-state index is 0.404. The van der Waals surface area contributed by atoms with Gasteiger partial charge in [-0.3, -0.25) is 4.98 Å². The second-order valence-corrected chi connectivity index (χ2v) is 3.38. The maximum Gasteiger partial charge on any atom is 0.146 e. The van der Waals surface area contributed by atoms with Crippen LogP contribution in [0, 0.1) is 19.3 Å². The van der Waals surface area contributed by atoms with E-state index in [9.17, 15) is 0 Å². The Morgan fingerprint density at radius 1 is 1.31 bits per heavy atom. The van der Waals surface area contributed by atoms with Crippen molar-refractivity contribution in [3.05, 3.63) is 35.5 Å². The van der Waals surface area contributed by atoms with Crippen LogP contribution in [-0.4, -0.2) is 15.2 Å². The van der Waals surface area contributed by atoms with E-state index in [1.807, 2.05) is 19.1 Å². The molecule has 4 nitrogen and oxygen atoms in total. The number of hydrogen-bond donors (Lipinski definition) is 1. The number of anilines is 1. The van der Waals surface area contributed by atoms with Crippen molar-refractivity contribution in [1.29, 1.82) is 0 Å². The maximum absolute atomic E-state index is 5.53. The summed E-state index contributed by atoms with van der Waals surface area (Å²) in [7, 11) is 0. The highest BCUT2D eigenvalue weighted by Gasteiger charge is 2.06. The lowest BCUT2D eigenvalue weighted by atomic mass is 10.1. The first-order chi connectivity index (χ1) is 7.70. The van der Waals surface area contributed by atoms with Crippen molar-refractivity contribution in [2.45, 2.75) is 6.92 Å². The predicted octanol–water partition coefficient (Wildman–Crippen LogP) is 1.41. The SMILES string of the molecule is C#Cc1ccc(-c2nnc(N)cc2C)nc1. The molecule has 78 valence electrons. The minimum absolute atomic E-state index is 0.404. The van der Waals surface area contributed by atoms with Crippen molar-refractivity contribution in [3.63, 3.8) is 0 Å². The fraction of sp³-hybridized carbons (Fsp3) is 0.0833. The third-order valence-electron chi connectivity index (χ3n) is 2.18. The summed E-state index contributed by atoms with van der Waals surface area (Å²) in [6, 6.07) is 5.40. The van der Waals surface area contributed by atoms with Gasteiger partial charge in [0.2, 0.25) is 0 Å². The number of nitrogens with zero attached hydrogens (tertiary/aromatic N) is 3. The van der Waals surface area contributed by atoms with E-state index in [4.69, 9.17) is 12.2 Å². The zero-order valence-electron chi connectivity index (χ0n) is 8.81. The molecule has 2 aromatic heterocycles. The molecule has 0 bridgehead atoms. The van der Waals surface area contributed by atoms with Crippen LogP contribution in [0.15, 0.2) is 24.4 Å². The Morgan fingerprint density at radius 3 is 2.69 bits per heavy atom. The molecule has 0 saturated heterocycles. The van der Waals surface area contributed by atoms with E-state index in [-0.39, 0.29) is 0 Å². The average molecular weight is 210 g/mol. The summed E-state index contributed by atoms with van der Waals surface area (Å²) in [6.45, 7) is 1.91. The Balaban J connectivity index is 2.47. The molecular formula is C12H10N4. The predicted molar refractivity (Wildman–Crippen MR) is 62.3 cm³/mol. The second kappa shape index (κ2) is 3.99. The van der Waals surface area contributed by atoms with Gasteiger partial charge in [-0.05, 0) is 30.7 Å². The van der Waals surface area contributed by atoms with Gasteiger partial charge in [-0.25, -0.2) is 0 Å². The summed E-state index contributed by atoms with van der Waals surface area (Å²) >= 11 is 0. The zero-order chi connectivity index (χ0) is 11.5. The minimum Gasteiger partial charge on any atom is -0.382 e. The van der Waals surface area contributed by atoms with Crippen LogP contribution in [0.1, 0.15) is 11.1 Å². The molecule has 16 heavy (non-hydrogen) atoms. The third-order valence-corrected chi connectivity index (χ3v) is 2.18. The number of nitrogen functional groups attached to an aromatic ring is 1. The van der Waals surface area contributed by atoms with Gasteiger partial charge in [0.1, 0.15) is 11.5 Å². The summed E-state index contributed by atoms with van der Waals surface area (Å²) in [5, 5.41) is 7.82. The summed E-state index contributed by atoms with van der Waals surface area (Å²) in [6.07, 6.45) is 6.89. The molecule has 0 saturated carbocycles. The van der Waals surface area contributed by atoms with E-state index in [0.29, 0.717) is 5.82 Å². The van der Waals surface area contributed by atoms with Gasteiger partial charge in [0.25, 0.3) is 0 Å². The summed E-state index contributed by atoms with van der Waals surface area (Å²) in [4.78, 5) is 4.22. The van der Waals surface area contributed by atoms with Crippen molar-refractivity contribution in [2.75, 3.05) is 5.73 Å². The van der Waals surface area contributed by atoms with Gasteiger partial charge in [0, 0.05) is 11.8 Å². The van der Waals surface area contributed by atoms with E-state index < -0.39 is 0 Å². The molecule has 4 heteroatoms. The molecule has 0 atom stereocenters. The number of terminal acetylenes is 1. The quantitative estimate of drug-likeness (QED) is 0.723. The number of rotatable bonds is 1. The fourth-order valence-corrected chi connectivity index (χ4v) is 1.38. The van der Waals surface area contributed by atoms with E-state index in [1.165, 1.54) is 0 Å². The highest BCUT2D eigenvalue weighted by molar-refractivity contribution is 5.59. The van der Waals surface area contributed by atoms with Gasteiger partial charge >= 0.3 is 0 Å². The summed E-state index contributed by atoms with van der Waals surface area (Å²) in [5.41, 5.74) is 8.67. The van der Waals surface area contributed by atoms with Gasteiger partial charge in [0.15, 0.2) is 0 Å². The number of pyridine rings is 1. The Hall–Kier alpha value is -2.41. The highest BCUT2D eigenvalue weighted by atomic mass is 15.1. The Bertz CT molecular complexity index is 552. The van der Waals surface area contributed by atoms with Crippen LogP contribution < -0.4 is 5.73 Å². The molecule has 0 aliphatic heterocycles. The zero-order valence-corrected chi connectivity index (χ0v) is 8.81. The largest absolute Gasteiger partial charge is 0.382 e. The molecule has 2 aromatic rings. The van der Waals surface area contributed by atoms with E-state index in [1.54, 1.807) is 12.3 Å². The Labute approximate surface area is 93.5 Å². The number of aryl methyl sites for hydroxylation is 1. The number of nitrogens with two attached hydrogens (primary N) is 1. The van der Waals surface area contributed by atoms with Crippen molar-refractivity contribution < 1.29 is 0 Å². The summed E-state index contributed by atoms with van der Waals surface area (Å²) < 4.78 is 0. The van der Waals surface area contributed by atoms with Crippen molar-refractivity contribution in [3.8, 4) is 23.7 Å². The van der Waals surface area contributed by atoms with Crippen LogP contribution in [0.2, 0.25) is 0 Å². The number of hydrogen-bond acceptors (Lipinski definition) is 4. The monoisotopic (exact) mass is 210 g/mol. The number of aromatic nitrogens is 3. The lowest BCUT2D eigenvalue weighted by molar-refractivity contribution is 1.02. The van der Waals surface area contributed by atoms with Crippen LogP contribution in [0.4, 0.5) is 5.82 Å². The lowest BCUT2D eigenvalue weighted by Gasteiger charge is -2.03. The van der Waals surface area contributed by atoms with Crippen LogP contribution in [0.3, 0.4) is 0 Å². The van der Waals surface area contributed by atoms with Gasteiger partial charge in [-0.1, -0.05) is 5.92 Å². The van der Waals surface area contributed by atoms with Crippen LogP contribution in [0.25, 0.3) is 11.4 Å². The topological polar surface area (TPSA) is 64.7 Å². The molecule has 0 radical (unpaired) electrons. The molecule has 0 unspecified atom stereocenters. The maximum atomic E-state index is 5.53. The molecule has 0 aliphatic rings. The smallest absolute Gasteiger partial charge is 0.146 e. The lowest BCUT2D eigenvalue weighted by Crippen LogP contribution is -1.98. The van der Waals surface area contributed by atoms with Gasteiger partial charge in [-0.15, -0.1) is 16.6 Å². The van der Waals surface area contributed by atoms with Gasteiger partial charge in [-0.2, -0.15) is 0 Å². The summed E-state index contributed by atoms with van der Waals surface area (Å²) in [5.74, 6) is 2.91. The first-order valence-electron chi connectivity index (χ1n) is 4.73. The van der Waals surface area contributed by atoms with E-state index >= 15 is 0 Å². The molecule has 2 N–H and O–H groups in total. The average Bonchev–Trinajstić information content (AvgIpc) is 2.29. The standard InChI is InChI=1S/C12H10N4/c1-3-9-4-5-10(14-7-9)12-8(2)6-11(13)15-16-12/h1,4-7H,2H3,(H2,13,15). The van der Waals surface area contributed by atoms with Crippen molar-refractivity contribution in [2.24, 2.45) is 0 Å². The van der Waals surface area contributed by atoms with Crippen LogP contribution >= 0.6 is 0 Å². The molecule has 2 rings (SSSR count). The normalized spacial score (nSPS) is 9.75. The first-order valence-corrected chi connectivity index (χ1v) is 4.73. The van der Waals surface area contributed by atoms with E-state index in [2.05, 4.69) is 21.1 Å². The first kappa shape index (κ1) is 10.1. The molecular weight excluding hydrogens is 200 g/mol. The molecule has 0 amide bonds. The van der Waals surface area contributed by atoms with Gasteiger partial charge in [0.05, 0.1) is 5.69 Å². The molecule has 0 aromatic carbocycles. The molecule has 0 fully saturated rings. The molecule has 0 spiro atoms. The second-order valence-electron chi connectivity index (χ2n) is 3.38. The molecule has 2 heterocycles. The van der Waals surface area contributed by atoms with Gasteiger partial charge < -0.3 is 5.73 Å². The third kappa shape index (κ3) is 1.84. The molecule has 0 aliphatic carbocycles. The van der Waals surface area contributed by atoms with Crippen LogP contribution in [0.5, 0.6) is 0 Å². The van der Waals surface area contributed by atoms with Crippen molar-refractivity contribution >= 4 is 5.82 Å². The van der Waals surface area contributed by atoms with E-state index in [0.717, 1.165) is 22.5 Å². The highest BCUT2D eigenvalue weighted by Crippen LogP contribution is 2.18. The fourth-order valence-electron chi connectivity index (χ4n) is 1.38. The Kier molecular flexibility index (Phi) is 2.52. The van der Waals surface area contributed by atoms with Crippen molar-refractivity contribution in [1.82, 2.24) is 15.2 Å².